The second-order valence-corrected chi connectivity index (χ2v) is 8.29. The molecule has 0 aromatic heterocycles. The molecule has 152 valence electrons. The monoisotopic (exact) mass is 396 g/mol. The molecule has 0 bridgehead atoms. The number of fused-ring (bicyclic) bond motifs is 1. The van der Waals surface area contributed by atoms with Gasteiger partial charge in [0.25, 0.3) is 0 Å². The summed E-state index contributed by atoms with van der Waals surface area (Å²) >= 11 is 0. The molecule has 7 heteroatoms. The molecule has 3 atom stereocenters. The highest BCUT2D eigenvalue weighted by molar-refractivity contribution is 5.96. The molecule has 1 spiro atoms. The summed E-state index contributed by atoms with van der Waals surface area (Å²) in [4.78, 5) is 27.5. The highest BCUT2D eigenvalue weighted by Crippen LogP contribution is 2.65. The van der Waals surface area contributed by atoms with Crippen molar-refractivity contribution in [2.45, 2.75) is 37.6 Å². The Morgan fingerprint density at radius 3 is 2.86 bits per heavy atom. The minimum atomic E-state index is -0.586. The van der Waals surface area contributed by atoms with E-state index in [1.165, 1.54) is 14.2 Å². The standard InChI is InChI=1S/C22H24N2O5/c1-4-21-6-5-17(26)24-8-7-22(20(21)24)13-9-15(25)16(28-2)10-14(13)23-18(22)12(11-21)19(27)29-3/h5-6,9-10,20,23,25H,4,7-8,11H2,1-3H3. The van der Waals surface area contributed by atoms with Gasteiger partial charge in [-0.1, -0.05) is 13.0 Å². The molecule has 1 aliphatic carbocycles. The average Bonchev–Trinajstić information content (AvgIpc) is 3.29. The number of aromatic hydroxyl groups is 1. The summed E-state index contributed by atoms with van der Waals surface area (Å²) in [5.74, 6) is 0.0590. The number of anilines is 1. The number of rotatable bonds is 3. The third-order valence-electron chi connectivity index (χ3n) is 7.31. The van der Waals surface area contributed by atoms with Crippen LogP contribution in [0.5, 0.6) is 11.5 Å². The molecule has 1 saturated heterocycles. The number of carbonyl (C=O) groups excluding carboxylic acids is 2. The van der Waals surface area contributed by atoms with Crippen molar-refractivity contribution < 1.29 is 24.2 Å². The first-order valence-electron chi connectivity index (χ1n) is 9.92. The van der Waals surface area contributed by atoms with Gasteiger partial charge in [0.1, 0.15) is 0 Å². The Hall–Kier alpha value is -2.96. The van der Waals surface area contributed by atoms with E-state index in [1.807, 2.05) is 11.0 Å². The van der Waals surface area contributed by atoms with E-state index in [4.69, 9.17) is 9.47 Å². The molecule has 4 aliphatic rings. The molecule has 7 nitrogen and oxygen atoms in total. The van der Waals surface area contributed by atoms with Crippen LogP contribution in [0.3, 0.4) is 0 Å². The number of phenols is 1. The maximum atomic E-state index is 12.8. The molecule has 3 unspecified atom stereocenters. The zero-order valence-electron chi connectivity index (χ0n) is 16.7. The van der Waals surface area contributed by atoms with Crippen LogP contribution in [0.2, 0.25) is 0 Å². The number of esters is 1. The van der Waals surface area contributed by atoms with Crippen molar-refractivity contribution in [1.29, 1.82) is 0 Å². The first kappa shape index (κ1) is 18.1. The number of nitrogens with one attached hydrogen (secondary N) is 1. The van der Waals surface area contributed by atoms with E-state index in [2.05, 4.69) is 12.2 Å². The SMILES string of the molecule is CCC12C=CC(=O)N3CCC4(C(=C(C(=O)OC)C1)Nc1cc(OC)c(O)cc14)C32. The predicted molar refractivity (Wildman–Crippen MR) is 106 cm³/mol. The lowest BCUT2D eigenvalue weighted by molar-refractivity contribution is -0.137. The van der Waals surface area contributed by atoms with Gasteiger partial charge in [-0.3, -0.25) is 4.79 Å². The summed E-state index contributed by atoms with van der Waals surface area (Å²) in [6.07, 6.45) is 5.60. The van der Waals surface area contributed by atoms with Crippen LogP contribution in [0.25, 0.3) is 0 Å². The normalized spacial score (nSPS) is 31.2. The number of hydrogen-bond donors (Lipinski definition) is 2. The summed E-state index contributed by atoms with van der Waals surface area (Å²) < 4.78 is 10.4. The number of benzene rings is 1. The van der Waals surface area contributed by atoms with Crippen LogP contribution < -0.4 is 10.1 Å². The molecule has 3 aliphatic heterocycles. The van der Waals surface area contributed by atoms with Gasteiger partial charge in [-0.15, -0.1) is 0 Å². The minimum Gasteiger partial charge on any atom is -0.504 e. The molecule has 0 radical (unpaired) electrons. The lowest BCUT2D eigenvalue weighted by Gasteiger charge is -2.53. The second-order valence-electron chi connectivity index (χ2n) is 8.29. The fraction of sp³-hybridized carbons (Fsp3) is 0.455. The van der Waals surface area contributed by atoms with Crippen LogP contribution in [0.15, 0.2) is 35.6 Å². The number of phenolic OH excluding ortho intramolecular Hbond substituents is 1. The summed E-state index contributed by atoms with van der Waals surface area (Å²) in [5.41, 5.74) is 2.16. The Morgan fingerprint density at radius 1 is 1.38 bits per heavy atom. The molecule has 1 aromatic rings. The van der Waals surface area contributed by atoms with E-state index >= 15 is 0 Å². The molecule has 1 amide bonds. The molecule has 29 heavy (non-hydrogen) atoms. The number of carbonyl (C=O) groups is 2. The molecule has 1 aromatic carbocycles. The van der Waals surface area contributed by atoms with Crippen LogP contribution in [-0.4, -0.2) is 48.7 Å². The maximum Gasteiger partial charge on any atom is 0.335 e. The fourth-order valence-electron chi connectivity index (χ4n) is 6.07. The van der Waals surface area contributed by atoms with Gasteiger partial charge in [0, 0.05) is 29.4 Å². The quantitative estimate of drug-likeness (QED) is 0.603. The van der Waals surface area contributed by atoms with E-state index < -0.39 is 5.41 Å². The van der Waals surface area contributed by atoms with Gasteiger partial charge in [-0.05, 0) is 37.0 Å². The minimum absolute atomic E-state index is 0.00278. The molecular formula is C22H24N2O5. The topological polar surface area (TPSA) is 88.1 Å². The van der Waals surface area contributed by atoms with Crippen LogP contribution in [-0.2, 0) is 19.7 Å². The van der Waals surface area contributed by atoms with Crippen LogP contribution in [0.4, 0.5) is 5.69 Å². The Kier molecular flexibility index (Phi) is 3.61. The van der Waals surface area contributed by atoms with E-state index in [9.17, 15) is 14.7 Å². The van der Waals surface area contributed by atoms with Gasteiger partial charge in [0.05, 0.1) is 31.2 Å². The van der Waals surface area contributed by atoms with Crippen LogP contribution in [0, 0.1) is 5.41 Å². The number of hydrogen-bond acceptors (Lipinski definition) is 6. The van der Waals surface area contributed by atoms with Crippen LogP contribution in [0.1, 0.15) is 31.7 Å². The number of ether oxygens (including phenoxy) is 2. The third-order valence-corrected chi connectivity index (χ3v) is 7.31. The highest BCUT2D eigenvalue weighted by Gasteiger charge is 2.66. The maximum absolute atomic E-state index is 12.8. The van der Waals surface area contributed by atoms with Gasteiger partial charge in [0.2, 0.25) is 5.91 Å². The first-order chi connectivity index (χ1) is 13.9. The van der Waals surface area contributed by atoms with Gasteiger partial charge in [-0.2, -0.15) is 0 Å². The van der Waals surface area contributed by atoms with E-state index in [0.717, 1.165) is 23.4 Å². The fourth-order valence-corrected chi connectivity index (χ4v) is 6.07. The van der Waals surface area contributed by atoms with Gasteiger partial charge < -0.3 is 24.8 Å². The van der Waals surface area contributed by atoms with Crippen molar-refractivity contribution in [3.8, 4) is 11.5 Å². The third kappa shape index (κ3) is 2.02. The van der Waals surface area contributed by atoms with E-state index in [1.54, 1.807) is 18.2 Å². The van der Waals surface area contributed by atoms with Crippen molar-refractivity contribution in [2.75, 3.05) is 26.1 Å². The number of methoxy groups -OCH3 is 2. The zero-order chi connectivity index (χ0) is 20.6. The first-order valence-corrected chi connectivity index (χ1v) is 9.92. The largest absolute Gasteiger partial charge is 0.504 e. The van der Waals surface area contributed by atoms with Gasteiger partial charge in [0.15, 0.2) is 11.5 Å². The number of nitrogens with zero attached hydrogens (tertiary/aromatic N) is 1. The van der Waals surface area contributed by atoms with Gasteiger partial charge >= 0.3 is 5.97 Å². The average molecular weight is 396 g/mol. The second kappa shape index (κ2) is 5.78. The molecule has 5 rings (SSSR count). The predicted octanol–water partition coefficient (Wildman–Crippen LogP) is 2.46. The van der Waals surface area contributed by atoms with Gasteiger partial charge in [-0.25, -0.2) is 4.79 Å². The Morgan fingerprint density at radius 2 is 2.17 bits per heavy atom. The van der Waals surface area contributed by atoms with E-state index in [0.29, 0.717) is 30.7 Å². The smallest absolute Gasteiger partial charge is 0.335 e. The summed E-state index contributed by atoms with van der Waals surface area (Å²) in [5, 5.41) is 14.0. The summed E-state index contributed by atoms with van der Waals surface area (Å²) in [6, 6.07) is 3.36. The molecule has 1 fully saturated rings. The summed E-state index contributed by atoms with van der Waals surface area (Å²) in [6.45, 7) is 2.69. The summed E-state index contributed by atoms with van der Waals surface area (Å²) in [7, 11) is 2.90. The molecular weight excluding hydrogens is 372 g/mol. The van der Waals surface area contributed by atoms with Crippen molar-refractivity contribution in [2.24, 2.45) is 5.41 Å². The Balaban J connectivity index is 1.84. The highest BCUT2D eigenvalue weighted by atomic mass is 16.5. The Bertz CT molecular complexity index is 1010. The molecule has 0 saturated carbocycles. The van der Waals surface area contributed by atoms with Crippen molar-refractivity contribution in [3.05, 3.63) is 41.1 Å². The van der Waals surface area contributed by atoms with Crippen LogP contribution >= 0.6 is 0 Å². The van der Waals surface area contributed by atoms with Crippen molar-refractivity contribution >= 4 is 17.6 Å². The van der Waals surface area contributed by atoms with Crippen molar-refractivity contribution in [1.82, 2.24) is 4.90 Å². The lowest BCUT2D eigenvalue weighted by atomic mass is 9.55. The lowest BCUT2D eigenvalue weighted by Crippen LogP contribution is -2.59. The molecule has 3 heterocycles. The number of amides is 1. The van der Waals surface area contributed by atoms with Crippen molar-refractivity contribution in [3.63, 3.8) is 0 Å². The Labute approximate surface area is 169 Å². The molecule has 2 N–H and O–H groups in total. The zero-order valence-corrected chi connectivity index (χ0v) is 16.7. The van der Waals surface area contributed by atoms with E-state index in [-0.39, 0.29) is 29.1 Å².